The van der Waals surface area contributed by atoms with Crippen LogP contribution in [0.4, 0.5) is 10.1 Å². The molecule has 1 saturated carbocycles. The standard InChI is InChI=1S/C13H19FN2O/c1-16(12-4-2-3-10(14)9-12)11-5-7-13(17-15)8-6-11/h2-4,9,11,13H,5-8,15H2,1H3. The smallest absolute Gasteiger partial charge is 0.125 e. The fraction of sp³-hybridized carbons (Fsp3) is 0.538. The summed E-state index contributed by atoms with van der Waals surface area (Å²) in [5, 5.41) is 0. The lowest BCUT2D eigenvalue weighted by Gasteiger charge is -2.35. The molecule has 0 bridgehead atoms. The molecule has 0 aliphatic heterocycles. The largest absolute Gasteiger partial charge is 0.372 e. The Morgan fingerprint density at radius 2 is 2.00 bits per heavy atom. The number of nitrogens with two attached hydrogens (primary N) is 1. The predicted octanol–water partition coefficient (Wildman–Crippen LogP) is 2.46. The molecule has 3 nitrogen and oxygen atoms in total. The number of hydrogen-bond donors (Lipinski definition) is 1. The average Bonchev–Trinajstić information content (AvgIpc) is 2.38. The van der Waals surface area contributed by atoms with Crippen LogP contribution < -0.4 is 10.8 Å². The summed E-state index contributed by atoms with van der Waals surface area (Å²) in [5.74, 6) is 5.01. The van der Waals surface area contributed by atoms with Gasteiger partial charge in [-0.05, 0) is 43.9 Å². The molecular weight excluding hydrogens is 219 g/mol. The van der Waals surface area contributed by atoms with Crippen LogP contribution in [0.1, 0.15) is 25.7 Å². The fourth-order valence-corrected chi connectivity index (χ4v) is 2.47. The van der Waals surface area contributed by atoms with Crippen LogP contribution in [0.25, 0.3) is 0 Å². The fourth-order valence-electron chi connectivity index (χ4n) is 2.47. The van der Waals surface area contributed by atoms with Crippen molar-refractivity contribution in [2.75, 3.05) is 11.9 Å². The van der Waals surface area contributed by atoms with Crippen molar-refractivity contribution in [1.82, 2.24) is 0 Å². The molecule has 17 heavy (non-hydrogen) atoms. The molecule has 0 saturated heterocycles. The minimum atomic E-state index is -0.187. The zero-order valence-electron chi connectivity index (χ0n) is 10.1. The van der Waals surface area contributed by atoms with E-state index in [9.17, 15) is 4.39 Å². The number of nitrogens with zero attached hydrogens (tertiary/aromatic N) is 1. The third-order valence-electron chi connectivity index (χ3n) is 3.60. The Hall–Kier alpha value is -1.13. The van der Waals surface area contributed by atoms with Crippen molar-refractivity contribution >= 4 is 5.69 Å². The first kappa shape index (κ1) is 12.3. The first-order valence-electron chi connectivity index (χ1n) is 6.04. The highest BCUT2D eigenvalue weighted by atomic mass is 19.1. The summed E-state index contributed by atoms with van der Waals surface area (Å²) in [6.07, 6.45) is 4.21. The van der Waals surface area contributed by atoms with Crippen LogP contribution in [0.3, 0.4) is 0 Å². The molecular formula is C13H19FN2O. The molecule has 0 atom stereocenters. The van der Waals surface area contributed by atoms with Gasteiger partial charge in [0.2, 0.25) is 0 Å². The van der Waals surface area contributed by atoms with Gasteiger partial charge in [0.05, 0.1) is 6.10 Å². The number of anilines is 1. The molecule has 0 unspecified atom stereocenters. The van der Waals surface area contributed by atoms with Gasteiger partial charge in [-0.1, -0.05) is 6.07 Å². The van der Waals surface area contributed by atoms with E-state index in [2.05, 4.69) is 4.90 Å². The molecule has 4 heteroatoms. The molecule has 0 heterocycles. The predicted molar refractivity (Wildman–Crippen MR) is 66.1 cm³/mol. The third-order valence-corrected chi connectivity index (χ3v) is 3.60. The molecule has 1 aromatic rings. The zero-order valence-corrected chi connectivity index (χ0v) is 10.1. The van der Waals surface area contributed by atoms with Crippen LogP contribution in [0.5, 0.6) is 0 Å². The van der Waals surface area contributed by atoms with E-state index >= 15 is 0 Å². The van der Waals surface area contributed by atoms with Crippen molar-refractivity contribution in [2.24, 2.45) is 5.90 Å². The van der Waals surface area contributed by atoms with E-state index in [1.807, 2.05) is 13.1 Å². The Morgan fingerprint density at radius 3 is 2.59 bits per heavy atom. The third kappa shape index (κ3) is 2.96. The van der Waals surface area contributed by atoms with Gasteiger partial charge in [-0.15, -0.1) is 0 Å². The Labute approximate surface area is 101 Å². The van der Waals surface area contributed by atoms with Crippen LogP contribution in [-0.4, -0.2) is 19.2 Å². The van der Waals surface area contributed by atoms with E-state index in [-0.39, 0.29) is 11.9 Å². The van der Waals surface area contributed by atoms with Crippen LogP contribution in [0.15, 0.2) is 24.3 Å². The van der Waals surface area contributed by atoms with E-state index < -0.39 is 0 Å². The van der Waals surface area contributed by atoms with E-state index in [1.54, 1.807) is 12.1 Å². The summed E-state index contributed by atoms with van der Waals surface area (Å²) in [7, 11) is 2.02. The molecule has 0 aromatic heterocycles. The van der Waals surface area contributed by atoms with Gasteiger partial charge in [-0.2, -0.15) is 0 Å². The van der Waals surface area contributed by atoms with E-state index in [4.69, 9.17) is 10.7 Å². The number of halogens is 1. The molecule has 1 fully saturated rings. The molecule has 0 amide bonds. The molecule has 94 valence electrons. The Kier molecular flexibility index (Phi) is 3.97. The van der Waals surface area contributed by atoms with Crippen LogP contribution in [-0.2, 0) is 4.84 Å². The van der Waals surface area contributed by atoms with Crippen molar-refractivity contribution < 1.29 is 9.23 Å². The molecule has 1 aromatic carbocycles. The van der Waals surface area contributed by atoms with Gasteiger partial charge in [0.25, 0.3) is 0 Å². The molecule has 2 N–H and O–H groups in total. The van der Waals surface area contributed by atoms with E-state index in [0.717, 1.165) is 31.4 Å². The molecule has 2 rings (SSSR count). The van der Waals surface area contributed by atoms with Crippen LogP contribution in [0.2, 0.25) is 0 Å². The monoisotopic (exact) mass is 238 g/mol. The summed E-state index contributed by atoms with van der Waals surface area (Å²) in [6.45, 7) is 0. The zero-order chi connectivity index (χ0) is 12.3. The maximum atomic E-state index is 13.1. The van der Waals surface area contributed by atoms with Gasteiger partial charge in [-0.25, -0.2) is 10.3 Å². The van der Waals surface area contributed by atoms with Crippen molar-refractivity contribution in [2.45, 2.75) is 37.8 Å². The topological polar surface area (TPSA) is 38.5 Å². The first-order valence-corrected chi connectivity index (χ1v) is 6.04. The quantitative estimate of drug-likeness (QED) is 0.822. The second-order valence-corrected chi connectivity index (χ2v) is 4.66. The second-order valence-electron chi connectivity index (χ2n) is 4.66. The van der Waals surface area contributed by atoms with Gasteiger partial charge in [0.1, 0.15) is 5.82 Å². The molecule has 0 radical (unpaired) electrons. The maximum absolute atomic E-state index is 13.1. The Morgan fingerprint density at radius 1 is 1.29 bits per heavy atom. The molecule has 1 aliphatic rings. The summed E-state index contributed by atoms with van der Waals surface area (Å²) >= 11 is 0. The Bertz CT molecular complexity index is 364. The van der Waals surface area contributed by atoms with Crippen molar-refractivity contribution in [3.63, 3.8) is 0 Å². The second kappa shape index (κ2) is 5.47. The maximum Gasteiger partial charge on any atom is 0.125 e. The highest BCUT2D eigenvalue weighted by Crippen LogP contribution is 2.27. The van der Waals surface area contributed by atoms with Gasteiger partial charge in [0.15, 0.2) is 0 Å². The number of hydrogen-bond acceptors (Lipinski definition) is 3. The van der Waals surface area contributed by atoms with Crippen LogP contribution in [0, 0.1) is 5.82 Å². The molecule has 0 spiro atoms. The SMILES string of the molecule is CN(c1cccc(F)c1)C1CCC(ON)CC1. The van der Waals surface area contributed by atoms with Gasteiger partial charge < -0.3 is 9.74 Å². The lowest BCUT2D eigenvalue weighted by molar-refractivity contribution is 0.0242. The lowest BCUT2D eigenvalue weighted by atomic mass is 9.92. The summed E-state index contributed by atoms with van der Waals surface area (Å²) in [6, 6.07) is 7.18. The van der Waals surface area contributed by atoms with E-state index in [1.165, 1.54) is 6.07 Å². The van der Waals surface area contributed by atoms with E-state index in [0.29, 0.717) is 6.04 Å². The molecule has 1 aliphatic carbocycles. The number of rotatable bonds is 3. The van der Waals surface area contributed by atoms with Crippen molar-refractivity contribution in [1.29, 1.82) is 0 Å². The minimum Gasteiger partial charge on any atom is -0.372 e. The average molecular weight is 238 g/mol. The minimum absolute atomic E-state index is 0.187. The van der Waals surface area contributed by atoms with Gasteiger partial charge in [0, 0.05) is 18.8 Å². The van der Waals surface area contributed by atoms with Crippen molar-refractivity contribution in [3.8, 4) is 0 Å². The highest BCUT2D eigenvalue weighted by Gasteiger charge is 2.24. The summed E-state index contributed by atoms with van der Waals surface area (Å²) in [5.41, 5.74) is 0.933. The number of benzene rings is 1. The van der Waals surface area contributed by atoms with Crippen molar-refractivity contribution in [3.05, 3.63) is 30.1 Å². The lowest BCUT2D eigenvalue weighted by Crippen LogP contribution is -2.37. The summed E-state index contributed by atoms with van der Waals surface area (Å²) in [4.78, 5) is 7.01. The highest BCUT2D eigenvalue weighted by molar-refractivity contribution is 5.46. The van der Waals surface area contributed by atoms with Crippen LogP contribution >= 0.6 is 0 Å². The van der Waals surface area contributed by atoms with Gasteiger partial charge >= 0.3 is 0 Å². The van der Waals surface area contributed by atoms with Gasteiger partial charge in [-0.3, -0.25) is 0 Å². The first-order chi connectivity index (χ1) is 8.20. The Balaban J connectivity index is 1.99. The normalized spacial score (nSPS) is 24.6. The summed E-state index contributed by atoms with van der Waals surface area (Å²) < 4.78 is 13.1.